The minimum atomic E-state index is -1.05. The predicted molar refractivity (Wildman–Crippen MR) is 78.3 cm³/mol. The number of hydrogen-bond donors (Lipinski definition) is 2. The maximum atomic E-state index is 11.2. The molecule has 0 unspecified atom stereocenters. The molecule has 0 radical (unpaired) electrons. The van der Waals surface area contributed by atoms with Crippen molar-refractivity contribution in [3.63, 3.8) is 0 Å². The smallest absolute Gasteiger partial charge is 0.357 e. The fraction of sp³-hybridized carbons (Fsp3) is 0. The highest BCUT2D eigenvalue weighted by atomic mass is 16.4. The van der Waals surface area contributed by atoms with Crippen molar-refractivity contribution < 1.29 is 14.3 Å². The van der Waals surface area contributed by atoms with Gasteiger partial charge in [-0.1, -0.05) is 18.2 Å². The number of aromatic carboxylic acids is 1. The Morgan fingerprint density at radius 1 is 1.14 bits per heavy atom. The number of carbonyl (C=O) groups is 1. The maximum Gasteiger partial charge on any atom is 0.357 e. The minimum Gasteiger partial charge on any atom is -0.476 e. The molecule has 5 heteroatoms. The van der Waals surface area contributed by atoms with Crippen LogP contribution in [0.15, 0.2) is 52.9 Å². The number of furan rings is 1. The third-order valence-electron chi connectivity index (χ3n) is 3.48. The van der Waals surface area contributed by atoms with Crippen molar-refractivity contribution in [2.24, 2.45) is 0 Å². The molecule has 2 N–H and O–H groups in total. The SMILES string of the molecule is O=C(O)c1n[nH]c2ccc(-c3cc4ccccc4o3)cc12. The molecule has 0 atom stereocenters. The summed E-state index contributed by atoms with van der Waals surface area (Å²) in [6.45, 7) is 0. The van der Waals surface area contributed by atoms with Gasteiger partial charge >= 0.3 is 5.97 Å². The molecule has 5 nitrogen and oxygen atoms in total. The predicted octanol–water partition coefficient (Wildman–Crippen LogP) is 3.67. The number of fused-ring (bicyclic) bond motifs is 2. The normalized spacial score (nSPS) is 11.2. The highest BCUT2D eigenvalue weighted by Crippen LogP contribution is 2.30. The summed E-state index contributed by atoms with van der Waals surface area (Å²) in [6, 6.07) is 15.1. The second kappa shape index (κ2) is 4.21. The van der Waals surface area contributed by atoms with Crippen LogP contribution in [0.1, 0.15) is 10.5 Å². The second-order valence-electron chi connectivity index (χ2n) is 4.79. The molecule has 2 heterocycles. The van der Waals surface area contributed by atoms with E-state index in [9.17, 15) is 4.79 Å². The van der Waals surface area contributed by atoms with E-state index < -0.39 is 5.97 Å². The van der Waals surface area contributed by atoms with Crippen molar-refractivity contribution in [3.05, 3.63) is 54.2 Å². The van der Waals surface area contributed by atoms with E-state index in [1.54, 1.807) is 12.1 Å². The average molecular weight is 278 g/mol. The van der Waals surface area contributed by atoms with Crippen LogP contribution in [0.4, 0.5) is 0 Å². The Kier molecular flexibility index (Phi) is 2.35. The summed E-state index contributed by atoms with van der Waals surface area (Å²) in [5.41, 5.74) is 2.33. The van der Waals surface area contributed by atoms with Crippen LogP contribution < -0.4 is 0 Å². The van der Waals surface area contributed by atoms with Crippen LogP contribution in [0.5, 0.6) is 0 Å². The van der Waals surface area contributed by atoms with Gasteiger partial charge in [0.05, 0.1) is 5.52 Å². The number of carboxylic acid groups (broad SMARTS) is 1. The Balaban J connectivity index is 1.93. The lowest BCUT2D eigenvalue weighted by Gasteiger charge is -1.97. The minimum absolute atomic E-state index is 0.0166. The zero-order chi connectivity index (χ0) is 14.4. The molecule has 0 aliphatic rings. The van der Waals surface area contributed by atoms with E-state index in [2.05, 4.69) is 10.2 Å². The quantitative estimate of drug-likeness (QED) is 0.586. The molecule has 2 aromatic carbocycles. The lowest BCUT2D eigenvalue weighted by Crippen LogP contribution is -1.96. The van der Waals surface area contributed by atoms with E-state index in [4.69, 9.17) is 9.52 Å². The molecule has 21 heavy (non-hydrogen) atoms. The van der Waals surface area contributed by atoms with E-state index in [1.807, 2.05) is 36.4 Å². The highest BCUT2D eigenvalue weighted by molar-refractivity contribution is 6.02. The highest BCUT2D eigenvalue weighted by Gasteiger charge is 2.14. The molecule has 0 aliphatic carbocycles. The van der Waals surface area contributed by atoms with Gasteiger partial charge in [-0.05, 0) is 30.3 Å². The first kappa shape index (κ1) is 11.7. The molecule has 0 fully saturated rings. The Bertz CT molecular complexity index is 948. The summed E-state index contributed by atoms with van der Waals surface area (Å²) in [6.07, 6.45) is 0. The molecular formula is C16H10N2O3. The molecule has 0 saturated carbocycles. The monoisotopic (exact) mass is 278 g/mol. The van der Waals surface area contributed by atoms with Gasteiger partial charge in [-0.2, -0.15) is 5.10 Å². The van der Waals surface area contributed by atoms with Crippen molar-refractivity contribution >= 4 is 27.8 Å². The van der Waals surface area contributed by atoms with Gasteiger partial charge in [0.15, 0.2) is 5.69 Å². The number of nitrogens with one attached hydrogen (secondary N) is 1. The molecule has 2 aromatic heterocycles. The Morgan fingerprint density at radius 3 is 2.81 bits per heavy atom. The van der Waals surface area contributed by atoms with Crippen molar-refractivity contribution in [2.75, 3.05) is 0 Å². The first-order valence-corrected chi connectivity index (χ1v) is 6.43. The third-order valence-corrected chi connectivity index (χ3v) is 3.48. The van der Waals surface area contributed by atoms with E-state index >= 15 is 0 Å². The maximum absolute atomic E-state index is 11.2. The number of aromatic nitrogens is 2. The van der Waals surface area contributed by atoms with Gasteiger partial charge in [-0.15, -0.1) is 0 Å². The topological polar surface area (TPSA) is 79.1 Å². The summed E-state index contributed by atoms with van der Waals surface area (Å²) in [7, 11) is 0. The zero-order valence-corrected chi connectivity index (χ0v) is 10.8. The van der Waals surface area contributed by atoms with Crippen molar-refractivity contribution in [1.82, 2.24) is 10.2 Å². The number of aromatic amines is 1. The van der Waals surface area contributed by atoms with E-state index in [0.717, 1.165) is 16.5 Å². The summed E-state index contributed by atoms with van der Waals surface area (Å²) in [5.74, 6) is -0.348. The zero-order valence-electron chi connectivity index (χ0n) is 10.8. The van der Waals surface area contributed by atoms with Gasteiger partial charge in [-0.25, -0.2) is 4.79 Å². The van der Waals surface area contributed by atoms with Crippen LogP contribution in [0.3, 0.4) is 0 Å². The van der Waals surface area contributed by atoms with Crippen molar-refractivity contribution in [1.29, 1.82) is 0 Å². The van der Waals surface area contributed by atoms with Crippen LogP contribution in [0, 0.1) is 0 Å². The van der Waals surface area contributed by atoms with Crippen LogP contribution >= 0.6 is 0 Å². The van der Waals surface area contributed by atoms with E-state index in [-0.39, 0.29) is 5.69 Å². The Morgan fingerprint density at radius 2 is 2.00 bits per heavy atom. The van der Waals surface area contributed by atoms with Crippen LogP contribution in [-0.2, 0) is 0 Å². The van der Waals surface area contributed by atoms with Crippen molar-refractivity contribution in [2.45, 2.75) is 0 Å². The molecule has 4 rings (SSSR count). The summed E-state index contributed by atoms with van der Waals surface area (Å²) in [4.78, 5) is 11.2. The van der Waals surface area contributed by atoms with Gasteiger partial charge in [0.2, 0.25) is 0 Å². The number of para-hydroxylation sites is 1. The lowest BCUT2D eigenvalue weighted by atomic mass is 10.1. The van der Waals surface area contributed by atoms with Gasteiger partial charge in [0.25, 0.3) is 0 Å². The fourth-order valence-corrected chi connectivity index (χ4v) is 2.45. The number of rotatable bonds is 2. The summed E-state index contributed by atoms with van der Waals surface area (Å²) < 4.78 is 5.80. The average Bonchev–Trinajstić information content (AvgIpc) is 3.10. The molecule has 4 aromatic rings. The van der Waals surface area contributed by atoms with Gasteiger partial charge in [-0.3, -0.25) is 5.10 Å². The summed E-state index contributed by atoms with van der Waals surface area (Å²) in [5, 5.41) is 17.3. The van der Waals surface area contributed by atoms with Gasteiger partial charge in [0.1, 0.15) is 11.3 Å². The molecule has 0 saturated heterocycles. The van der Waals surface area contributed by atoms with Crippen LogP contribution in [-0.4, -0.2) is 21.3 Å². The Hall–Kier alpha value is -3.08. The largest absolute Gasteiger partial charge is 0.476 e. The standard InChI is InChI=1S/C16H10N2O3/c19-16(20)15-11-7-10(5-6-12(11)17-18-15)14-8-9-3-1-2-4-13(9)21-14/h1-8H,(H,17,18)(H,19,20). The number of carboxylic acids is 1. The number of benzene rings is 2. The molecule has 102 valence electrons. The van der Waals surface area contributed by atoms with Crippen molar-refractivity contribution in [3.8, 4) is 11.3 Å². The number of H-pyrrole nitrogens is 1. The van der Waals surface area contributed by atoms with E-state index in [1.165, 1.54) is 0 Å². The second-order valence-corrected chi connectivity index (χ2v) is 4.79. The Labute approximate surface area is 118 Å². The van der Waals surface area contributed by atoms with Crippen LogP contribution in [0.25, 0.3) is 33.2 Å². The third kappa shape index (κ3) is 1.79. The molecular weight excluding hydrogens is 268 g/mol. The summed E-state index contributed by atoms with van der Waals surface area (Å²) >= 11 is 0. The lowest BCUT2D eigenvalue weighted by molar-refractivity contribution is 0.0692. The fourth-order valence-electron chi connectivity index (χ4n) is 2.45. The number of hydrogen-bond acceptors (Lipinski definition) is 3. The first-order chi connectivity index (χ1) is 10.2. The number of nitrogens with zero attached hydrogens (tertiary/aromatic N) is 1. The van der Waals surface area contributed by atoms with Gasteiger partial charge < -0.3 is 9.52 Å². The molecule has 0 aliphatic heterocycles. The van der Waals surface area contributed by atoms with E-state index in [0.29, 0.717) is 16.7 Å². The van der Waals surface area contributed by atoms with Gasteiger partial charge in [0, 0.05) is 16.3 Å². The van der Waals surface area contributed by atoms with Crippen LogP contribution in [0.2, 0.25) is 0 Å². The molecule has 0 bridgehead atoms. The molecule has 0 amide bonds. The first-order valence-electron chi connectivity index (χ1n) is 6.43. The molecule has 0 spiro atoms.